The van der Waals surface area contributed by atoms with Gasteiger partial charge in [0, 0.05) is 19.3 Å². The van der Waals surface area contributed by atoms with Crippen molar-refractivity contribution in [2.75, 3.05) is 32.0 Å². The number of hydrogen-bond acceptors (Lipinski definition) is 6. The lowest BCUT2D eigenvalue weighted by molar-refractivity contribution is 0.0307. The lowest BCUT2D eigenvalue weighted by atomic mass is 10.2. The van der Waals surface area contributed by atoms with Crippen molar-refractivity contribution in [3.05, 3.63) is 17.4 Å². The van der Waals surface area contributed by atoms with Gasteiger partial charge in [0.25, 0.3) is 5.91 Å². The maximum Gasteiger partial charge on any atom is 0.266 e. The van der Waals surface area contributed by atoms with Gasteiger partial charge in [-0.3, -0.25) is 4.79 Å². The average molecular weight is 264 g/mol. The third-order valence-electron chi connectivity index (χ3n) is 2.90. The van der Waals surface area contributed by atoms with Crippen molar-refractivity contribution in [1.82, 2.24) is 14.9 Å². The number of morpholine rings is 1. The van der Waals surface area contributed by atoms with Gasteiger partial charge in [-0.1, -0.05) is 0 Å². The number of amides is 1. The molecule has 18 heavy (non-hydrogen) atoms. The highest BCUT2D eigenvalue weighted by Gasteiger charge is 2.23. The predicted octanol–water partition coefficient (Wildman–Crippen LogP) is 0.746. The molecule has 0 unspecified atom stereocenters. The van der Waals surface area contributed by atoms with Crippen LogP contribution in [-0.4, -0.2) is 47.1 Å². The zero-order valence-electron chi connectivity index (χ0n) is 9.63. The summed E-state index contributed by atoms with van der Waals surface area (Å²) >= 11 is 1.32. The Morgan fingerprint density at radius 3 is 2.94 bits per heavy atom. The Morgan fingerprint density at radius 1 is 1.44 bits per heavy atom. The predicted molar refractivity (Wildman–Crippen MR) is 68.5 cm³/mol. The van der Waals surface area contributed by atoms with E-state index in [1.807, 2.05) is 0 Å². The molecule has 3 heterocycles. The van der Waals surface area contributed by atoms with Gasteiger partial charge >= 0.3 is 0 Å². The minimum absolute atomic E-state index is 0.0428. The highest BCUT2D eigenvalue weighted by Crippen LogP contribution is 2.32. The van der Waals surface area contributed by atoms with Gasteiger partial charge in [-0.25, -0.2) is 9.97 Å². The maximum atomic E-state index is 12.3. The summed E-state index contributed by atoms with van der Waals surface area (Å²) in [6.07, 6.45) is 3.10. The van der Waals surface area contributed by atoms with Crippen molar-refractivity contribution >= 4 is 33.1 Å². The van der Waals surface area contributed by atoms with E-state index in [0.717, 1.165) is 10.2 Å². The van der Waals surface area contributed by atoms with E-state index in [-0.39, 0.29) is 5.91 Å². The number of hydrogen-bond donors (Lipinski definition) is 1. The van der Waals surface area contributed by atoms with Gasteiger partial charge < -0.3 is 15.4 Å². The van der Waals surface area contributed by atoms with Crippen molar-refractivity contribution in [1.29, 1.82) is 0 Å². The Bertz CT molecular complexity index is 592. The Kier molecular flexibility index (Phi) is 2.85. The Labute approximate surface area is 107 Å². The first-order chi connectivity index (χ1) is 8.77. The van der Waals surface area contributed by atoms with Crippen molar-refractivity contribution in [3.63, 3.8) is 0 Å². The van der Waals surface area contributed by atoms with Gasteiger partial charge in [-0.05, 0) is 0 Å². The van der Waals surface area contributed by atoms with Crippen molar-refractivity contribution in [2.45, 2.75) is 0 Å². The van der Waals surface area contributed by atoms with Crippen LogP contribution in [0.3, 0.4) is 0 Å². The third-order valence-corrected chi connectivity index (χ3v) is 4.02. The Balaban J connectivity index is 1.98. The number of aromatic nitrogens is 2. The van der Waals surface area contributed by atoms with E-state index in [2.05, 4.69) is 9.97 Å². The van der Waals surface area contributed by atoms with Crippen LogP contribution in [0.5, 0.6) is 0 Å². The molecule has 0 radical (unpaired) electrons. The Morgan fingerprint density at radius 2 is 2.22 bits per heavy atom. The van der Waals surface area contributed by atoms with Gasteiger partial charge in [0.2, 0.25) is 0 Å². The fraction of sp³-hybridized carbons (Fsp3) is 0.364. The van der Waals surface area contributed by atoms with Crippen molar-refractivity contribution in [3.8, 4) is 0 Å². The number of nitrogens with two attached hydrogens (primary N) is 1. The first-order valence-corrected chi connectivity index (χ1v) is 6.44. The highest BCUT2D eigenvalue weighted by atomic mass is 32.1. The summed E-state index contributed by atoms with van der Waals surface area (Å²) in [5.41, 5.74) is 6.48. The molecule has 0 aromatic carbocycles. The van der Waals surface area contributed by atoms with Gasteiger partial charge in [0.05, 0.1) is 24.3 Å². The topological polar surface area (TPSA) is 81.3 Å². The molecule has 2 aromatic heterocycles. The van der Waals surface area contributed by atoms with E-state index < -0.39 is 0 Å². The minimum Gasteiger partial charge on any atom is -0.397 e. The zero-order valence-corrected chi connectivity index (χ0v) is 10.4. The Hall–Kier alpha value is -1.73. The van der Waals surface area contributed by atoms with Gasteiger partial charge in [0.1, 0.15) is 16.0 Å². The van der Waals surface area contributed by atoms with Crippen LogP contribution in [0.1, 0.15) is 9.67 Å². The SMILES string of the molecule is Nc1c(C(=O)N2CCOCC2)sc2ncncc12. The van der Waals surface area contributed by atoms with Crippen LogP contribution in [0.4, 0.5) is 5.69 Å². The summed E-state index contributed by atoms with van der Waals surface area (Å²) in [7, 11) is 0. The van der Waals surface area contributed by atoms with Crippen LogP contribution in [0, 0.1) is 0 Å². The van der Waals surface area contributed by atoms with Gasteiger partial charge in [-0.15, -0.1) is 11.3 Å². The summed E-state index contributed by atoms with van der Waals surface area (Å²) < 4.78 is 5.23. The first kappa shape index (κ1) is 11.4. The summed E-state index contributed by atoms with van der Waals surface area (Å²) in [4.78, 5) is 23.5. The lowest BCUT2D eigenvalue weighted by Crippen LogP contribution is -2.40. The van der Waals surface area contributed by atoms with Crippen LogP contribution in [-0.2, 0) is 4.74 Å². The summed E-state index contributed by atoms with van der Waals surface area (Å²) in [6, 6.07) is 0. The molecule has 0 aliphatic carbocycles. The summed E-state index contributed by atoms with van der Waals surface area (Å²) in [5.74, 6) is -0.0428. The smallest absolute Gasteiger partial charge is 0.266 e. The molecular formula is C11H12N4O2S. The molecule has 1 fully saturated rings. The third kappa shape index (κ3) is 1.81. The van der Waals surface area contributed by atoms with Crippen LogP contribution in [0.15, 0.2) is 12.5 Å². The first-order valence-electron chi connectivity index (χ1n) is 5.62. The molecule has 0 atom stereocenters. The number of nitrogen functional groups attached to an aromatic ring is 1. The monoisotopic (exact) mass is 264 g/mol. The van der Waals surface area contributed by atoms with Crippen LogP contribution in [0.25, 0.3) is 10.2 Å². The molecule has 6 nitrogen and oxygen atoms in total. The van der Waals surface area contributed by atoms with E-state index in [1.54, 1.807) is 11.1 Å². The van der Waals surface area contributed by atoms with E-state index in [0.29, 0.717) is 36.9 Å². The molecule has 1 saturated heterocycles. The lowest BCUT2D eigenvalue weighted by Gasteiger charge is -2.26. The molecule has 0 saturated carbocycles. The second kappa shape index (κ2) is 4.51. The average Bonchev–Trinajstić information content (AvgIpc) is 2.77. The highest BCUT2D eigenvalue weighted by molar-refractivity contribution is 7.21. The standard InChI is InChI=1S/C11H12N4O2S/c12-8-7-5-13-6-14-10(7)18-9(8)11(16)15-1-3-17-4-2-15/h5-6H,1-4,12H2. The van der Waals surface area contributed by atoms with Crippen LogP contribution in [0.2, 0.25) is 0 Å². The molecule has 94 valence electrons. The zero-order chi connectivity index (χ0) is 12.5. The number of nitrogens with zero attached hydrogens (tertiary/aromatic N) is 3. The number of rotatable bonds is 1. The second-order valence-electron chi connectivity index (χ2n) is 3.99. The number of thiophene rings is 1. The number of carbonyl (C=O) groups excluding carboxylic acids is 1. The largest absolute Gasteiger partial charge is 0.397 e. The molecular weight excluding hydrogens is 252 g/mol. The van der Waals surface area contributed by atoms with Gasteiger partial charge in [0.15, 0.2) is 0 Å². The van der Waals surface area contributed by atoms with Crippen molar-refractivity contribution in [2.24, 2.45) is 0 Å². The molecule has 0 bridgehead atoms. The number of anilines is 1. The fourth-order valence-electron chi connectivity index (χ4n) is 1.93. The quantitative estimate of drug-likeness (QED) is 0.821. The molecule has 2 N–H and O–H groups in total. The number of ether oxygens (including phenoxy) is 1. The van der Waals surface area contributed by atoms with Gasteiger partial charge in [-0.2, -0.15) is 0 Å². The molecule has 0 spiro atoms. The van der Waals surface area contributed by atoms with Crippen LogP contribution < -0.4 is 5.73 Å². The molecule has 3 rings (SSSR count). The molecule has 1 aliphatic heterocycles. The van der Waals surface area contributed by atoms with E-state index >= 15 is 0 Å². The van der Waals surface area contributed by atoms with Crippen molar-refractivity contribution < 1.29 is 9.53 Å². The summed E-state index contributed by atoms with van der Waals surface area (Å²) in [5, 5.41) is 0.749. The van der Waals surface area contributed by atoms with E-state index in [9.17, 15) is 4.79 Å². The molecule has 7 heteroatoms. The van der Waals surface area contributed by atoms with Crippen LogP contribution >= 0.6 is 11.3 Å². The minimum atomic E-state index is -0.0428. The molecule has 2 aromatic rings. The number of carbonyl (C=O) groups is 1. The van der Waals surface area contributed by atoms with E-state index in [4.69, 9.17) is 10.5 Å². The number of fused-ring (bicyclic) bond motifs is 1. The van der Waals surface area contributed by atoms with E-state index in [1.165, 1.54) is 17.7 Å². The summed E-state index contributed by atoms with van der Waals surface area (Å²) in [6.45, 7) is 2.38. The molecule has 1 aliphatic rings. The second-order valence-corrected chi connectivity index (χ2v) is 4.99. The molecule has 1 amide bonds. The fourth-order valence-corrected chi connectivity index (χ4v) is 2.93. The normalized spacial score (nSPS) is 16.1. The maximum absolute atomic E-state index is 12.3.